The van der Waals surface area contributed by atoms with Crippen LogP contribution in [-0.2, 0) is 0 Å². The van der Waals surface area contributed by atoms with Crippen molar-refractivity contribution in [2.24, 2.45) is 5.92 Å². The number of allylic oxidation sites excluding steroid dienone is 2. The number of hydrogen-bond donors (Lipinski definition) is 2. The Morgan fingerprint density at radius 1 is 1.29 bits per heavy atom. The van der Waals surface area contributed by atoms with Gasteiger partial charge in [-0.05, 0) is 13.0 Å². The molecule has 0 bridgehead atoms. The zero-order valence-corrected chi connectivity index (χ0v) is 9.50. The second kappa shape index (κ2) is 4.18. The molecular formula is C14H14O3. The molecule has 0 amide bonds. The van der Waals surface area contributed by atoms with Gasteiger partial charge in [0.25, 0.3) is 0 Å². The van der Waals surface area contributed by atoms with Crippen LogP contribution in [0, 0.1) is 5.92 Å². The molecule has 0 saturated carbocycles. The second-order valence-corrected chi connectivity index (χ2v) is 4.34. The van der Waals surface area contributed by atoms with Gasteiger partial charge in [-0.3, -0.25) is 4.79 Å². The fourth-order valence-electron chi connectivity index (χ4n) is 2.00. The molecule has 2 rings (SSSR count). The van der Waals surface area contributed by atoms with Gasteiger partial charge >= 0.3 is 0 Å². The van der Waals surface area contributed by atoms with E-state index in [0.29, 0.717) is 5.56 Å². The number of carbonyl (C=O) groups is 1. The van der Waals surface area contributed by atoms with Gasteiger partial charge < -0.3 is 10.2 Å². The lowest BCUT2D eigenvalue weighted by Gasteiger charge is -2.30. The van der Waals surface area contributed by atoms with Crippen LogP contribution in [0.25, 0.3) is 0 Å². The van der Waals surface area contributed by atoms with Gasteiger partial charge in [0.1, 0.15) is 11.7 Å². The SMILES string of the molecule is CC1(O)C=CC=C(O)C1C(=O)c1ccccc1. The van der Waals surface area contributed by atoms with E-state index in [1.165, 1.54) is 19.1 Å². The normalized spacial score (nSPS) is 27.6. The smallest absolute Gasteiger partial charge is 0.176 e. The van der Waals surface area contributed by atoms with Crippen LogP contribution in [0.1, 0.15) is 17.3 Å². The van der Waals surface area contributed by atoms with Crippen molar-refractivity contribution in [3.8, 4) is 0 Å². The van der Waals surface area contributed by atoms with E-state index in [9.17, 15) is 15.0 Å². The largest absolute Gasteiger partial charge is 0.511 e. The summed E-state index contributed by atoms with van der Waals surface area (Å²) in [6.07, 6.45) is 4.49. The number of aliphatic hydroxyl groups excluding tert-OH is 1. The van der Waals surface area contributed by atoms with Crippen LogP contribution in [-0.4, -0.2) is 21.6 Å². The van der Waals surface area contributed by atoms with Crippen molar-refractivity contribution in [2.45, 2.75) is 12.5 Å². The lowest BCUT2D eigenvalue weighted by Crippen LogP contribution is -2.40. The average molecular weight is 230 g/mol. The molecule has 1 aliphatic carbocycles. The van der Waals surface area contributed by atoms with Crippen molar-refractivity contribution in [1.82, 2.24) is 0 Å². The van der Waals surface area contributed by atoms with Crippen molar-refractivity contribution in [3.63, 3.8) is 0 Å². The molecule has 0 fully saturated rings. The Kier molecular flexibility index (Phi) is 2.86. The first kappa shape index (κ1) is 11.6. The maximum atomic E-state index is 12.2. The Labute approximate surface area is 99.7 Å². The molecule has 1 aromatic rings. The van der Waals surface area contributed by atoms with Gasteiger partial charge in [-0.2, -0.15) is 0 Å². The number of ketones is 1. The van der Waals surface area contributed by atoms with Gasteiger partial charge in [-0.1, -0.05) is 42.5 Å². The van der Waals surface area contributed by atoms with Crippen LogP contribution in [0.15, 0.2) is 54.3 Å². The van der Waals surface area contributed by atoms with Crippen molar-refractivity contribution in [2.75, 3.05) is 0 Å². The minimum absolute atomic E-state index is 0.105. The molecule has 3 nitrogen and oxygen atoms in total. The van der Waals surface area contributed by atoms with Crippen LogP contribution in [0.3, 0.4) is 0 Å². The molecule has 0 aromatic heterocycles. The molecule has 0 spiro atoms. The number of Topliss-reactive ketones (excluding diaryl/α,β-unsaturated/α-hetero) is 1. The molecule has 0 heterocycles. The molecule has 1 aliphatic rings. The molecule has 88 valence electrons. The quantitative estimate of drug-likeness (QED) is 0.766. The van der Waals surface area contributed by atoms with Gasteiger partial charge in [-0.15, -0.1) is 0 Å². The summed E-state index contributed by atoms with van der Waals surface area (Å²) in [5, 5.41) is 19.9. The first-order valence-electron chi connectivity index (χ1n) is 5.42. The predicted octanol–water partition coefficient (Wildman–Crippen LogP) is 2.25. The van der Waals surface area contributed by atoms with Crippen molar-refractivity contribution >= 4 is 5.78 Å². The molecule has 17 heavy (non-hydrogen) atoms. The van der Waals surface area contributed by atoms with Gasteiger partial charge in [-0.25, -0.2) is 0 Å². The summed E-state index contributed by atoms with van der Waals surface area (Å²) in [7, 11) is 0. The van der Waals surface area contributed by atoms with E-state index in [2.05, 4.69) is 0 Å². The third-order valence-electron chi connectivity index (χ3n) is 2.90. The van der Waals surface area contributed by atoms with Crippen molar-refractivity contribution in [1.29, 1.82) is 0 Å². The summed E-state index contributed by atoms with van der Waals surface area (Å²) in [5.74, 6) is -1.32. The lowest BCUT2D eigenvalue weighted by atomic mass is 9.79. The molecule has 2 atom stereocenters. The molecule has 2 unspecified atom stereocenters. The van der Waals surface area contributed by atoms with E-state index in [0.717, 1.165) is 0 Å². The average Bonchev–Trinajstić information content (AvgIpc) is 2.28. The Balaban J connectivity index is 2.37. The molecule has 0 aliphatic heterocycles. The highest BCUT2D eigenvalue weighted by Gasteiger charge is 2.40. The standard InChI is InChI=1S/C14H14O3/c1-14(17)9-5-8-11(15)12(14)13(16)10-6-3-2-4-7-10/h2-9,12,15,17H,1H3. The minimum atomic E-state index is -1.36. The monoisotopic (exact) mass is 230 g/mol. The molecule has 0 radical (unpaired) electrons. The van der Waals surface area contributed by atoms with E-state index in [4.69, 9.17) is 0 Å². The van der Waals surface area contributed by atoms with E-state index in [1.807, 2.05) is 6.07 Å². The van der Waals surface area contributed by atoms with Crippen molar-refractivity contribution < 1.29 is 15.0 Å². The summed E-state index contributed by atoms with van der Waals surface area (Å²) >= 11 is 0. The third-order valence-corrected chi connectivity index (χ3v) is 2.90. The lowest BCUT2D eigenvalue weighted by molar-refractivity contribution is 0.0366. The summed E-state index contributed by atoms with van der Waals surface area (Å²) in [6.45, 7) is 1.51. The zero-order valence-electron chi connectivity index (χ0n) is 9.50. The summed E-state index contributed by atoms with van der Waals surface area (Å²) in [4.78, 5) is 12.2. The highest BCUT2D eigenvalue weighted by Crippen LogP contribution is 2.31. The van der Waals surface area contributed by atoms with Gasteiger partial charge in [0.15, 0.2) is 5.78 Å². The van der Waals surface area contributed by atoms with Crippen LogP contribution < -0.4 is 0 Å². The molecular weight excluding hydrogens is 216 g/mol. The first-order valence-corrected chi connectivity index (χ1v) is 5.42. The van der Waals surface area contributed by atoms with Crippen LogP contribution in [0.5, 0.6) is 0 Å². The van der Waals surface area contributed by atoms with E-state index >= 15 is 0 Å². The van der Waals surface area contributed by atoms with Gasteiger partial charge in [0, 0.05) is 5.56 Å². The summed E-state index contributed by atoms with van der Waals surface area (Å²) < 4.78 is 0. The highest BCUT2D eigenvalue weighted by atomic mass is 16.3. The maximum absolute atomic E-state index is 12.2. The Bertz CT molecular complexity index is 483. The van der Waals surface area contributed by atoms with Crippen molar-refractivity contribution in [3.05, 3.63) is 59.9 Å². The maximum Gasteiger partial charge on any atom is 0.176 e. The molecule has 3 heteroatoms. The summed E-state index contributed by atoms with van der Waals surface area (Å²) in [6, 6.07) is 8.65. The Morgan fingerprint density at radius 2 is 1.94 bits per heavy atom. The number of rotatable bonds is 2. The number of hydrogen-bond acceptors (Lipinski definition) is 3. The van der Waals surface area contributed by atoms with E-state index in [1.54, 1.807) is 30.3 Å². The van der Waals surface area contributed by atoms with Gasteiger partial charge in [0.2, 0.25) is 0 Å². The first-order chi connectivity index (χ1) is 8.02. The van der Waals surface area contributed by atoms with Crippen LogP contribution in [0.4, 0.5) is 0 Å². The zero-order chi connectivity index (χ0) is 12.5. The topological polar surface area (TPSA) is 57.5 Å². The number of aliphatic hydroxyl groups is 2. The Morgan fingerprint density at radius 3 is 2.53 bits per heavy atom. The Hall–Kier alpha value is -1.87. The molecule has 0 saturated heterocycles. The van der Waals surface area contributed by atoms with Crippen LogP contribution >= 0.6 is 0 Å². The predicted molar refractivity (Wildman–Crippen MR) is 64.7 cm³/mol. The number of benzene rings is 1. The fraction of sp³-hybridized carbons (Fsp3) is 0.214. The second-order valence-electron chi connectivity index (χ2n) is 4.34. The van der Waals surface area contributed by atoms with Gasteiger partial charge in [0.05, 0.1) is 5.60 Å². The summed E-state index contributed by atoms with van der Waals surface area (Å²) in [5.41, 5.74) is -0.876. The molecule has 1 aromatic carbocycles. The number of carbonyl (C=O) groups excluding carboxylic acids is 1. The molecule has 2 N–H and O–H groups in total. The minimum Gasteiger partial charge on any atom is -0.511 e. The van der Waals surface area contributed by atoms with E-state index in [-0.39, 0.29) is 11.5 Å². The van der Waals surface area contributed by atoms with E-state index < -0.39 is 11.5 Å². The van der Waals surface area contributed by atoms with Crippen LogP contribution in [0.2, 0.25) is 0 Å². The fourth-order valence-corrected chi connectivity index (χ4v) is 2.00. The third kappa shape index (κ3) is 2.15. The highest BCUT2D eigenvalue weighted by molar-refractivity contribution is 6.00.